The molecule has 0 spiro atoms. The molecule has 2 aromatic carbocycles. The number of aromatic nitrogens is 2. The number of halogens is 1. The number of hydrogen-bond acceptors (Lipinski definition) is 5. The first-order chi connectivity index (χ1) is 13.5. The minimum Gasteiger partial charge on any atom is -0.469 e. The van der Waals surface area contributed by atoms with Crippen LogP contribution in [0, 0.1) is 0 Å². The Bertz CT molecular complexity index is 1080. The lowest BCUT2D eigenvalue weighted by Crippen LogP contribution is -2.34. The molecule has 0 saturated carbocycles. The summed E-state index contributed by atoms with van der Waals surface area (Å²) in [5.41, 5.74) is 0.944. The van der Waals surface area contributed by atoms with E-state index in [0.717, 1.165) is 0 Å². The SMILES string of the molecule is COC(=O)CC(NC(=O)Cn1ncc(=O)c2ccccc21)c1ccccc1Cl. The van der Waals surface area contributed by atoms with Gasteiger partial charge in [0.15, 0.2) is 0 Å². The van der Waals surface area contributed by atoms with E-state index in [9.17, 15) is 14.4 Å². The highest BCUT2D eigenvalue weighted by Crippen LogP contribution is 2.25. The van der Waals surface area contributed by atoms with Crippen LogP contribution in [-0.2, 0) is 20.9 Å². The van der Waals surface area contributed by atoms with E-state index < -0.39 is 12.0 Å². The maximum Gasteiger partial charge on any atom is 0.307 e. The molecule has 8 heteroatoms. The van der Waals surface area contributed by atoms with Gasteiger partial charge in [0.1, 0.15) is 6.54 Å². The lowest BCUT2D eigenvalue weighted by atomic mass is 10.0. The predicted molar refractivity (Wildman–Crippen MR) is 105 cm³/mol. The Morgan fingerprint density at radius 2 is 1.89 bits per heavy atom. The molecular weight excluding hydrogens is 382 g/mol. The van der Waals surface area contributed by atoms with Gasteiger partial charge >= 0.3 is 5.97 Å². The molecule has 1 N–H and O–H groups in total. The van der Waals surface area contributed by atoms with Crippen molar-refractivity contribution >= 4 is 34.4 Å². The molecule has 0 saturated heterocycles. The van der Waals surface area contributed by atoms with Crippen molar-refractivity contribution < 1.29 is 14.3 Å². The topological polar surface area (TPSA) is 90.3 Å². The van der Waals surface area contributed by atoms with Crippen LogP contribution in [-0.4, -0.2) is 28.8 Å². The van der Waals surface area contributed by atoms with Gasteiger partial charge in [-0.25, -0.2) is 0 Å². The molecule has 144 valence electrons. The Morgan fingerprint density at radius 1 is 1.18 bits per heavy atom. The molecule has 1 unspecified atom stereocenters. The maximum atomic E-state index is 12.7. The quantitative estimate of drug-likeness (QED) is 0.643. The van der Waals surface area contributed by atoms with Crippen LogP contribution in [0.1, 0.15) is 18.0 Å². The van der Waals surface area contributed by atoms with E-state index in [1.807, 2.05) is 0 Å². The molecule has 0 aliphatic rings. The van der Waals surface area contributed by atoms with Gasteiger partial charge < -0.3 is 10.1 Å². The largest absolute Gasteiger partial charge is 0.469 e. The molecule has 3 rings (SSSR count). The van der Waals surface area contributed by atoms with Gasteiger partial charge in [0.25, 0.3) is 0 Å². The van der Waals surface area contributed by atoms with Crippen LogP contribution >= 0.6 is 11.6 Å². The zero-order valence-electron chi connectivity index (χ0n) is 15.1. The highest BCUT2D eigenvalue weighted by molar-refractivity contribution is 6.31. The summed E-state index contributed by atoms with van der Waals surface area (Å²) in [7, 11) is 1.28. The second-order valence-corrected chi connectivity index (χ2v) is 6.51. The second kappa shape index (κ2) is 8.67. The number of amides is 1. The number of carbonyl (C=O) groups excluding carboxylic acids is 2. The fourth-order valence-electron chi connectivity index (χ4n) is 2.91. The zero-order valence-corrected chi connectivity index (χ0v) is 15.8. The Morgan fingerprint density at radius 3 is 2.64 bits per heavy atom. The molecule has 0 bridgehead atoms. The Balaban J connectivity index is 1.85. The van der Waals surface area contributed by atoms with Crippen LogP contribution in [0.25, 0.3) is 10.9 Å². The maximum absolute atomic E-state index is 12.7. The summed E-state index contributed by atoms with van der Waals surface area (Å²) in [5.74, 6) is -0.854. The number of nitrogens with zero attached hydrogens (tertiary/aromatic N) is 2. The molecular formula is C20H18ClN3O4. The highest BCUT2D eigenvalue weighted by Gasteiger charge is 2.21. The molecule has 0 aliphatic heterocycles. The number of carbonyl (C=O) groups is 2. The van der Waals surface area contributed by atoms with Crippen molar-refractivity contribution in [2.75, 3.05) is 7.11 Å². The molecule has 1 amide bonds. The normalized spacial score (nSPS) is 11.8. The van der Waals surface area contributed by atoms with Crippen molar-refractivity contribution in [1.29, 1.82) is 0 Å². The van der Waals surface area contributed by atoms with Crippen molar-refractivity contribution in [3.8, 4) is 0 Å². The number of hydrogen-bond donors (Lipinski definition) is 1. The first kappa shape index (κ1) is 19.6. The highest BCUT2D eigenvalue weighted by atomic mass is 35.5. The van der Waals surface area contributed by atoms with Gasteiger partial charge in [-0.2, -0.15) is 5.10 Å². The van der Waals surface area contributed by atoms with Crippen molar-refractivity contribution in [3.63, 3.8) is 0 Å². The van der Waals surface area contributed by atoms with Gasteiger partial charge in [-0.1, -0.05) is 41.9 Å². The van der Waals surface area contributed by atoms with Gasteiger partial charge in [0, 0.05) is 10.4 Å². The lowest BCUT2D eigenvalue weighted by Gasteiger charge is -2.20. The van der Waals surface area contributed by atoms with E-state index in [-0.39, 0.29) is 24.3 Å². The first-order valence-electron chi connectivity index (χ1n) is 8.55. The third-order valence-corrected chi connectivity index (χ3v) is 4.61. The number of rotatable bonds is 6. The summed E-state index contributed by atoms with van der Waals surface area (Å²) in [6.45, 7) is -0.122. The summed E-state index contributed by atoms with van der Waals surface area (Å²) in [6.07, 6.45) is 1.11. The summed E-state index contributed by atoms with van der Waals surface area (Å²) >= 11 is 6.23. The molecule has 1 aromatic heterocycles. The molecule has 1 heterocycles. The number of esters is 1. The van der Waals surface area contributed by atoms with Crippen LogP contribution in [0.5, 0.6) is 0 Å². The smallest absolute Gasteiger partial charge is 0.307 e. The van der Waals surface area contributed by atoms with E-state index >= 15 is 0 Å². The monoisotopic (exact) mass is 399 g/mol. The molecule has 28 heavy (non-hydrogen) atoms. The Labute approximate surface area is 165 Å². The molecule has 1 atom stereocenters. The van der Waals surface area contributed by atoms with Crippen molar-refractivity contribution in [2.24, 2.45) is 0 Å². The van der Waals surface area contributed by atoms with E-state index in [4.69, 9.17) is 16.3 Å². The predicted octanol–water partition coefficient (Wildman–Crippen LogP) is 2.47. The minimum absolute atomic E-state index is 0.0652. The summed E-state index contributed by atoms with van der Waals surface area (Å²) in [5, 5.41) is 7.76. The molecule has 0 radical (unpaired) electrons. The number of methoxy groups -OCH3 is 1. The average molecular weight is 400 g/mol. The van der Waals surface area contributed by atoms with Crippen LogP contribution in [0.4, 0.5) is 0 Å². The van der Waals surface area contributed by atoms with Gasteiger partial charge in [-0.15, -0.1) is 0 Å². The van der Waals surface area contributed by atoms with Crippen molar-refractivity contribution in [3.05, 3.63) is 75.5 Å². The number of ether oxygens (including phenoxy) is 1. The molecule has 0 fully saturated rings. The summed E-state index contributed by atoms with van der Waals surface area (Å²) in [6, 6.07) is 13.2. The number of nitrogens with one attached hydrogen (secondary N) is 1. The number of benzene rings is 2. The van der Waals surface area contributed by atoms with E-state index in [1.54, 1.807) is 48.5 Å². The summed E-state index contributed by atoms with van der Waals surface area (Å²) in [4.78, 5) is 36.4. The lowest BCUT2D eigenvalue weighted by molar-refractivity contribution is -0.141. The first-order valence-corrected chi connectivity index (χ1v) is 8.93. The van der Waals surface area contributed by atoms with E-state index in [2.05, 4.69) is 10.4 Å². The van der Waals surface area contributed by atoms with Crippen LogP contribution < -0.4 is 10.7 Å². The van der Waals surface area contributed by atoms with Crippen molar-refractivity contribution in [1.82, 2.24) is 15.1 Å². The van der Waals surface area contributed by atoms with Crippen LogP contribution in [0.15, 0.2) is 59.5 Å². The Kier molecular flexibility index (Phi) is 6.06. The second-order valence-electron chi connectivity index (χ2n) is 6.11. The van der Waals surface area contributed by atoms with Gasteiger partial charge in [0.2, 0.25) is 11.3 Å². The van der Waals surface area contributed by atoms with Crippen LogP contribution in [0.3, 0.4) is 0 Å². The minimum atomic E-state index is -0.653. The van der Waals surface area contributed by atoms with Crippen molar-refractivity contribution in [2.45, 2.75) is 19.0 Å². The van der Waals surface area contributed by atoms with Gasteiger partial charge in [-0.05, 0) is 23.8 Å². The van der Waals surface area contributed by atoms with E-state index in [0.29, 0.717) is 21.5 Å². The standard InChI is InChI=1S/C20H18ClN3O4/c1-28-20(27)10-16(13-6-2-4-8-15(13)21)23-19(26)12-24-17-9-5-3-7-14(17)18(25)11-22-24/h2-9,11,16H,10,12H2,1H3,(H,23,26). The van der Waals surface area contributed by atoms with Gasteiger partial charge in [0.05, 0.1) is 31.3 Å². The molecule has 3 aromatic rings. The Hall–Kier alpha value is -3.19. The summed E-state index contributed by atoms with van der Waals surface area (Å²) < 4.78 is 6.17. The third kappa shape index (κ3) is 4.37. The molecule has 0 aliphatic carbocycles. The van der Waals surface area contributed by atoms with E-state index in [1.165, 1.54) is 18.0 Å². The molecule has 7 nitrogen and oxygen atoms in total. The number of para-hydroxylation sites is 1. The van der Waals surface area contributed by atoms with Gasteiger partial charge in [-0.3, -0.25) is 19.1 Å². The fourth-order valence-corrected chi connectivity index (χ4v) is 3.18. The zero-order chi connectivity index (χ0) is 20.1. The number of fused-ring (bicyclic) bond motifs is 1. The fraction of sp³-hybridized carbons (Fsp3) is 0.200. The average Bonchev–Trinajstić information content (AvgIpc) is 2.70. The van der Waals surface area contributed by atoms with Crippen LogP contribution in [0.2, 0.25) is 5.02 Å². The third-order valence-electron chi connectivity index (χ3n) is 4.27.